The number of methoxy groups -OCH3 is 1. The molecule has 0 aliphatic carbocycles. The Morgan fingerprint density at radius 1 is 0.951 bits per heavy atom. The van der Waals surface area contributed by atoms with Gasteiger partial charge in [0.2, 0.25) is 0 Å². The molecule has 10 nitrogen and oxygen atoms in total. The number of carbonyl (C=O) groups is 1. The first kappa shape index (κ1) is 28.7. The highest BCUT2D eigenvalue weighted by Crippen LogP contribution is 2.36. The van der Waals surface area contributed by atoms with Crippen molar-refractivity contribution >= 4 is 28.3 Å². The molecule has 0 radical (unpaired) electrons. The van der Waals surface area contributed by atoms with Crippen LogP contribution in [0.3, 0.4) is 0 Å². The highest BCUT2D eigenvalue weighted by molar-refractivity contribution is 5.99. The van der Waals surface area contributed by atoms with Crippen LogP contribution >= 0.6 is 0 Å². The first-order valence-electron chi connectivity index (χ1n) is 14.7. The van der Waals surface area contributed by atoms with Crippen molar-refractivity contribution in [3.05, 3.63) is 42.2 Å². The lowest BCUT2D eigenvalue weighted by molar-refractivity contribution is 0.100. The van der Waals surface area contributed by atoms with Crippen LogP contribution in [0.1, 0.15) is 49.9 Å². The van der Waals surface area contributed by atoms with E-state index in [-0.39, 0.29) is 6.10 Å². The molecule has 2 N–H and O–H groups in total. The third kappa shape index (κ3) is 6.93. The van der Waals surface area contributed by atoms with E-state index in [0.717, 1.165) is 54.2 Å². The summed E-state index contributed by atoms with van der Waals surface area (Å²) in [5.41, 5.74) is 7.82. The van der Waals surface area contributed by atoms with Crippen molar-refractivity contribution in [2.45, 2.75) is 45.6 Å². The van der Waals surface area contributed by atoms with Gasteiger partial charge in [-0.25, -0.2) is 9.97 Å². The molecule has 0 saturated carbocycles. The number of nitrogens with two attached hydrogens (primary N) is 1. The van der Waals surface area contributed by atoms with Gasteiger partial charge >= 0.3 is 0 Å². The second kappa shape index (κ2) is 13.2. The molecular weight excluding hydrogens is 520 g/mol. The van der Waals surface area contributed by atoms with Crippen LogP contribution in [0.4, 0.5) is 11.5 Å². The monoisotopic (exact) mass is 562 g/mol. The lowest BCUT2D eigenvalue weighted by Crippen LogP contribution is -2.47. The number of fused-ring (bicyclic) bond motifs is 1. The van der Waals surface area contributed by atoms with Crippen LogP contribution in [0.25, 0.3) is 10.9 Å². The fraction of sp³-hybridized carbons (Fsp3) is 0.516. The van der Waals surface area contributed by atoms with Gasteiger partial charge in [-0.1, -0.05) is 6.42 Å². The molecule has 1 amide bonds. The standard InChI is InChI=1S/C31H42N6O4/c1-22(2)41-23-8-9-24(30(32)38)27(18-23)36-13-15-37(16-14-36)31-25-19-28(39-3)29(20-26(25)33-21-34-31)40-17-7-12-35-10-5-4-6-11-35/h8-9,18-22H,4-7,10-17H2,1-3H3,(H2,32,38). The molecular formula is C31H42N6O4. The quantitative estimate of drug-likeness (QED) is 0.346. The molecule has 0 spiro atoms. The summed E-state index contributed by atoms with van der Waals surface area (Å²) in [5.74, 6) is 2.52. The van der Waals surface area contributed by atoms with E-state index in [1.54, 1.807) is 25.6 Å². The van der Waals surface area contributed by atoms with E-state index in [9.17, 15) is 4.79 Å². The van der Waals surface area contributed by atoms with E-state index in [4.69, 9.17) is 19.9 Å². The normalized spacial score (nSPS) is 16.3. The maximum Gasteiger partial charge on any atom is 0.250 e. The second-order valence-corrected chi connectivity index (χ2v) is 11.0. The molecule has 5 rings (SSSR count). The van der Waals surface area contributed by atoms with Crippen molar-refractivity contribution in [2.24, 2.45) is 5.73 Å². The fourth-order valence-corrected chi connectivity index (χ4v) is 5.71. The maximum atomic E-state index is 12.2. The molecule has 0 atom stereocenters. The largest absolute Gasteiger partial charge is 0.493 e. The topological polar surface area (TPSA) is 106 Å². The molecule has 220 valence electrons. The molecule has 2 aliphatic rings. The number of benzene rings is 2. The highest BCUT2D eigenvalue weighted by atomic mass is 16.5. The number of ether oxygens (including phenoxy) is 3. The third-order valence-electron chi connectivity index (χ3n) is 7.75. The Hall–Kier alpha value is -3.79. The number of anilines is 2. The van der Waals surface area contributed by atoms with Gasteiger partial charge in [-0.3, -0.25) is 4.79 Å². The second-order valence-electron chi connectivity index (χ2n) is 11.0. The summed E-state index contributed by atoms with van der Waals surface area (Å²) in [7, 11) is 1.66. The Labute approximate surface area is 242 Å². The number of piperazine rings is 1. The van der Waals surface area contributed by atoms with Crippen molar-refractivity contribution in [1.82, 2.24) is 14.9 Å². The minimum absolute atomic E-state index is 0.0348. The van der Waals surface area contributed by atoms with Crippen LogP contribution in [-0.2, 0) is 0 Å². The summed E-state index contributed by atoms with van der Waals surface area (Å²) < 4.78 is 17.8. The molecule has 2 aliphatic heterocycles. The van der Waals surface area contributed by atoms with Crippen molar-refractivity contribution in [1.29, 1.82) is 0 Å². The molecule has 0 bridgehead atoms. The van der Waals surface area contributed by atoms with Crippen molar-refractivity contribution in [3.63, 3.8) is 0 Å². The van der Waals surface area contributed by atoms with Crippen LogP contribution in [0.15, 0.2) is 36.7 Å². The smallest absolute Gasteiger partial charge is 0.250 e. The van der Waals surface area contributed by atoms with E-state index in [2.05, 4.69) is 24.7 Å². The van der Waals surface area contributed by atoms with Crippen molar-refractivity contribution < 1.29 is 19.0 Å². The van der Waals surface area contributed by atoms with Gasteiger partial charge in [0.15, 0.2) is 11.5 Å². The lowest BCUT2D eigenvalue weighted by Gasteiger charge is -2.37. The number of amides is 1. The van der Waals surface area contributed by atoms with E-state index >= 15 is 0 Å². The van der Waals surface area contributed by atoms with Crippen LogP contribution in [0.2, 0.25) is 0 Å². The average Bonchev–Trinajstić information content (AvgIpc) is 2.98. The van der Waals surface area contributed by atoms with Crippen LogP contribution in [0.5, 0.6) is 17.2 Å². The predicted octanol–water partition coefficient (Wildman–Crippen LogP) is 4.11. The zero-order valence-electron chi connectivity index (χ0n) is 24.5. The van der Waals surface area contributed by atoms with Gasteiger partial charge in [0, 0.05) is 50.2 Å². The number of hydrogen-bond acceptors (Lipinski definition) is 9. The van der Waals surface area contributed by atoms with E-state index in [1.807, 2.05) is 32.0 Å². The predicted molar refractivity (Wildman–Crippen MR) is 162 cm³/mol. The van der Waals surface area contributed by atoms with Gasteiger partial charge in [0.25, 0.3) is 5.91 Å². The maximum absolute atomic E-state index is 12.2. The Morgan fingerprint density at radius 3 is 2.41 bits per heavy atom. The fourth-order valence-electron chi connectivity index (χ4n) is 5.71. The van der Waals surface area contributed by atoms with E-state index < -0.39 is 5.91 Å². The summed E-state index contributed by atoms with van der Waals surface area (Å²) in [5, 5.41) is 0.920. The molecule has 0 unspecified atom stereocenters. The molecule has 2 aromatic carbocycles. The minimum atomic E-state index is -0.447. The molecule has 10 heteroatoms. The molecule has 3 aromatic rings. The minimum Gasteiger partial charge on any atom is -0.493 e. The summed E-state index contributed by atoms with van der Waals surface area (Å²) >= 11 is 0. The van der Waals surface area contributed by atoms with Crippen LogP contribution in [0, 0.1) is 0 Å². The van der Waals surface area contributed by atoms with Gasteiger partial charge in [0.05, 0.1) is 36.6 Å². The highest BCUT2D eigenvalue weighted by Gasteiger charge is 2.24. The Morgan fingerprint density at radius 2 is 1.71 bits per heavy atom. The summed E-state index contributed by atoms with van der Waals surface area (Å²) in [4.78, 5) is 28.3. The number of aromatic nitrogens is 2. The van der Waals surface area contributed by atoms with Crippen LogP contribution in [-0.4, -0.2) is 86.4 Å². The zero-order valence-corrected chi connectivity index (χ0v) is 24.5. The number of carbonyl (C=O) groups excluding carboxylic acids is 1. The van der Waals surface area contributed by atoms with Gasteiger partial charge in [-0.15, -0.1) is 0 Å². The van der Waals surface area contributed by atoms with Crippen molar-refractivity contribution in [3.8, 4) is 17.2 Å². The Balaban J connectivity index is 1.28. The molecule has 41 heavy (non-hydrogen) atoms. The molecule has 2 saturated heterocycles. The number of likely N-dealkylation sites (tertiary alicyclic amines) is 1. The number of piperidine rings is 1. The molecule has 2 fully saturated rings. The van der Waals surface area contributed by atoms with Gasteiger partial charge in [-0.2, -0.15) is 0 Å². The first-order chi connectivity index (χ1) is 19.9. The Bertz CT molecular complexity index is 1340. The van der Waals surface area contributed by atoms with E-state index in [0.29, 0.717) is 36.8 Å². The summed E-state index contributed by atoms with van der Waals surface area (Å²) in [6.07, 6.45) is 6.56. The number of rotatable bonds is 11. The van der Waals surface area contributed by atoms with Crippen LogP contribution < -0.4 is 29.7 Å². The average molecular weight is 563 g/mol. The third-order valence-corrected chi connectivity index (χ3v) is 7.75. The van der Waals surface area contributed by atoms with Crippen molar-refractivity contribution in [2.75, 3.05) is 69.3 Å². The SMILES string of the molecule is COc1cc2c(N3CCN(c4cc(OC(C)C)ccc4C(N)=O)CC3)ncnc2cc1OCCCN1CCCCC1. The molecule has 3 heterocycles. The number of nitrogens with zero attached hydrogens (tertiary/aromatic N) is 5. The van der Waals surface area contributed by atoms with Gasteiger partial charge < -0.3 is 34.6 Å². The van der Waals surface area contributed by atoms with E-state index in [1.165, 1.54) is 32.4 Å². The zero-order chi connectivity index (χ0) is 28.8. The summed E-state index contributed by atoms with van der Waals surface area (Å²) in [6.45, 7) is 10.9. The summed E-state index contributed by atoms with van der Waals surface area (Å²) in [6, 6.07) is 9.39. The molecule has 1 aromatic heterocycles. The Kier molecular flexibility index (Phi) is 9.28. The number of primary amides is 1. The number of hydrogen-bond donors (Lipinski definition) is 1. The van der Waals surface area contributed by atoms with Gasteiger partial charge in [0.1, 0.15) is 17.9 Å². The first-order valence-corrected chi connectivity index (χ1v) is 14.7. The lowest BCUT2D eigenvalue weighted by atomic mass is 10.1. The van der Waals surface area contributed by atoms with Gasteiger partial charge in [-0.05, 0) is 64.4 Å².